The fourth-order valence-electron chi connectivity index (χ4n) is 5.43. The molecule has 4 nitrogen and oxygen atoms in total. The molecule has 0 aromatic carbocycles. The van der Waals surface area contributed by atoms with E-state index in [4.69, 9.17) is 14.2 Å². The van der Waals surface area contributed by atoms with Crippen LogP contribution in [-0.4, -0.2) is 32.1 Å². The molecule has 1 aliphatic heterocycles. The molecule has 0 amide bonds. The van der Waals surface area contributed by atoms with Crippen molar-refractivity contribution in [3.63, 3.8) is 0 Å². The normalized spacial score (nSPS) is 15.1. The molecule has 0 aromatic heterocycles. The van der Waals surface area contributed by atoms with Crippen LogP contribution in [0.2, 0.25) is 0 Å². The maximum atomic E-state index is 12.1. The summed E-state index contributed by atoms with van der Waals surface area (Å²) in [6.45, 7) is 6.17. The van der Waals surface area contributed by atoms with Gasteiger partial charge in [0.15, 0.2) is 6.29 Å². The first-order chi connectivity index (χ1) is 19.3. The van der Waals surface area contributed by atoms with Crippen molar-refractivity contribution in [1.29, 1.82) is 0 Å². The lowest BCUT2D eigenvalue weighted by Gasteiger charge is -2.16. The van der Waals surface area contributed by atoms with Gasteiger partial charge in [-0.3, -0.25) is 4.79 Å². The molecule has 1 aliphatic rings. The summed E-state index contributed by atoms with van der Waals surface area (Å²) in [5.41, 5.74) is 0. The van der Waals surface area contributed by atoms with Gasteiger partial charge in [0.1, 0.15) is 0 Å². The third-order valence-electron chi connectivity index (χ3n) is 7.82. The average Bonchev–Trinajstić information content (AvgIpc) is 3.45. The Morgan fingerprint density at radius 3 is 1.77 bits per heavy atom. The van der Waals surface area contributed by atoms with Gasteiger partial charge in [0.2, 0.25) is 0 Å². The van der Waals surface area contributed by atoms with Crippen molar-refractivity contribution in [2.75, 3.05) is 19.8 Å². The number of carbonyl (C=O) groups excluding carboxylic acids is 1. The fraction of sp³-hybridized carbons (Fsp3) is 0.857. The van der Waals surface area contributed by atoms with Crippen LogP contribution in [0.3, 0.4) is 0 Å². The summed E-state index contributed by atoms with van der Waals surface area (Å²) < 4.78 is 16.3. The Balaban J connectivity index is 1.99. The summed E-state index contributed by atoms with van der Waals surface area (Å²) in [4.78, 5) is 12.1. The Kier molecular flexibility index (Phi) is 26.1. The Labute approximate surface area is 242 Å². The van der Waals surface area contributed by atoms with Crippen molar-refractivity contribution in [3.05, 3.63) is 24.3 Å². The zero-order chi connectivity index (χ0) is 28.1. The fourth-order valence-corrected chi connectivity index (χ4v) is 5.43. The van der Waals surface area contributed by atoms with Crippen molar-refractivity contribution in [2.24, 2.45) is 5.92 Å². The maximum absolute atomic E-state index is 12.1. The number of hydrogen-bond acceptors (Lipinski definition) is 4. The van der Waals surface area contributed by atoms with Gasteiger partial charge in [-0.15, -0.1) is 0 Å². The molecule has 4 heteroatoms. The molecule has 1 heterocycles. The van der Waals surface area contributed by atoms with Crippen LogP contribution in [0.5, 0.6) is 0 Å². The summed E-state index contributed by atoms with van der Waals surface area (Å²) in [6, 6.07) is 0. The summed E-state index contributed by atoms with van der Waals surface area (Å²) in [6.07, 6.45) is 37.8. The highest BCUT2D eigenvalue weighted by molar-refractivity contribution is 5.69. The van der Waals surface area contributed by atoms with Crippen molar-refractivity contribution < 1.29 is 19.0 Å². The van der Waals surface area contributed by atoms with E-state index in [2.05, 4.69) is 31.2 Å². The lowest BCUT2D eigenvalue weighted by Crippen LogP contribution is -2.12. The standard InChI is InChI=1S/C35H64O4/c1-3-5-6-7-8-9-10-11-12-13-14-15-16-17-18-21-24-27-33(32-34(36)37-4-2)28-25-22-19-20-23-26-29-35-38-30-31-39-35/h8-9,11-12,33,35H,3-7,10,13-32H2,1-2H3/b9-8-,12-11-. The summed E-state index contributed by atoms with van der Waals surface area (Å²) in [7, 11) is 0. The number of allylic oxidation sites excluding steroid dienone is 4. The zero-order valence-corrected chi connectivity index (χ0v) is 26.0. The van der Waals surface area contributed by atoms with Gasteiger partial charge in [-0.05, 0) is 70.6 Å². The van der Waals surface area contributed by atoms with Gasteiger partial charge in [-0.1, -0.05) is 115 Å². The van der Waals surface area contributed by atoms with E-state index in [0.717, 1.165) is 26.1 Å². The number of hydrogen-bond donors (Lipinski definition) is 0. The Bertz CT molecular complexity index is 579. The minimum Gasteiger partial charge on any atom is -0.466 e. The molecule has 1 atom stereocenters. The summed E-state index contributed by atoms with van der Waals surface area (Å²) in [5, 5.41) is 0. The lowest BCUT2D eigenvalue weighted by atomic mass is 9.91. The smallest absolute Gasteiger partial charge is 0.306 e. The second-order valence-corrected chi connectivity index (χ2v) is 11.5. The molecule has 0 radical (unpaired) electrons. The Morgan fingerprint density at radius 1 is 0.692 bits per heavy atom. The van der Waals surface area contributed by atoms with Gasteiger partial charge in [0.25, 0.3) is 0 Å². The molecule has 39 heavy (non-hydrogen) atoms. The van der Waals surface area contributed by atoms with Crippen molar-refractivity contribution >= 4 is 5.97 Å². The summed E-state index contributed by atoms with van der Waals surface area (Å²) in [5.74, 6) is 0.495. The average molecular weight is 549 g/mol. The predicted molar refractivity (Wildman–Crippen MR) is 166 cm³/mol. The van der Waals surface area contributed by atoms with Crippen LogP contribution < -0.4 is 0 Å². The third-order valence-corrected chi connectivity index (χ3v) is 7.82. The first-order valence-corrected chi connectivity index (χ1v) is 16.9. The molecule has 0 aromatic rings. The van der Waals surface area contributed by atoms with Gasteiger partial charge in [0.05, 0.1) is 19.8 Å². The molecule has 0 N–H and O–H groups in total. The van der Waals surface area contributed by atoms with E-state index in [0.29, 0.717) is 18.9 Å². The third kappa shape index (κ3) is 24.4. The van der Waals surface area contributed by atoms with E-state index >= 15 is 0 Å². The Hall–Kier alpha value is -1.13. The van der Waals surface area contributed by atoms with E-state index in [1.54, 1.807) is 0 Å². The minimum absolute atomic E-state index is 0.00380. The highest BCUT2D eigenvalue weighted by Crippen LogP contribution is 2.23. The van der Waals surface area contributed by atoms with Crippen molar-refractivity contribution in [3.8, 4) is 0 Å². The van der Waals surface area contributed by atoms with Crippen molar-refractivity contribution in [1.82, 2.24) is 0 Å². The van der Waals surface area contributed by atoms with Gasteiger partial charge in [-0.25, -0.2) is 0 Å². The molecule has 1 fully saturated rings. The molecular weight excluding hydrogens is 484 g/mol. The monoisotopic (exact) mass is 548 g/mol. The van der Waals surface area contributed by atoms with E-state index < -0.39 is 0 Å². The van der Waals surface area contributed by atoms with Gasteiger partial charge in [0, 0.05) is 6.42 Å². The zero-order valence-electron chi connectivity index (χ0n) is 26.0. The molecular formula is C35H64O4. The topological polar surface area (TPSA) is 44.8 Å². The lowest BCUT2D eigenvalue weighted by molar-refractivity contribution is -0.144. The molecule has 0 bridgehead atoms. The molecule has 0 aliphatic carbocycles. The Morgan fingerprint density at radius 2 is 1.21 bits per heavy atom. The molecule has 0 spiro atoms. The molecule has 228 valence electrons. The first-order valence-electron chi connectivity index (χ1n) is 16.9. The van der Waals surface area contributed by atoms with Crippen LogP contribution in [0.4, 0.5) is 0 Å². The number of unbranched alkanes of at least 4 members (excludes halogenated alkanes) is 15. The number of esters is 1. The molecule has 0 saturated carbocycles. The van der Waals surface area contributed by atoms with Crippen LogP contribution in [0.25, 0.3) is 0 Å². The number of rotatable bonds is 28. The van der Waals surface area contributed by atoms with Crippen LogP contribution >= 0.6 is 0 Å². The minimum atomic E-state index is -0.00380. The van der Waals surface area contributed by atoms with Crippen molar-refractivity contribution in [2.45, 2.75) is 168 Å². The summed E-state index contributed by atoms with van der Waals surface area (Å²) >= 11 is 0. The molecule has 1 rings (SSSR count). The van der Waals surface area contributed by atoms with Crippen LogP contribution in [-0.2, 0) is 19.0 Å². The highest BCUT2D eigenvalue weighted by atomic mass is 16.7. The predicted octanol–water partition coefficient (Wildman–Crippen LogP) is 10.6. The first kappa shape index (κ1) is 35.9. The second-order valence-electron chi connectivity index (χ2n) is 11.5. The van der Waals surface area contributed by atoms with Crippen LogP contribution in [0.1, 0.15) is 162 Å². The SMILES string of the molecule is CCCCC/C=C\C/C=C\CCCCCCCCCC(CCCCCCCCC1OCCO1)CC(=O)OCC. The number of ether oxygens (including phenoxy) is 3. The molecule has 1 unspecified atom stereocenters. The second kappa shape index (κ2) is 28.4. The van der Waals surface area contributed by atoms with Gasteiger partial charge >= 0.3 is 5.97 Å². The van der Waals surface area contributed by atoms with Gasteiger partial charge < -0.3 is 14.2 Å². The molecule has 1 saturated heterocycles. The van der Waals surface area contributed by atoms with E-state index in [-0.39, 0.29) is 12.3 Å². The van der Waals surface area contributed by atoms with Crippen LogP contribution in [0.15, 0.2) is 24.3 Å². The quantitative estimate of drug-likeness (QED) is 0.0554. The van der Waals surface area contributed by atoms with E-state index in [1.165, 1.54) is 128 Å². The maximum Gasteiger partial charge on any atom is 0.306 e. The number of carbonyl (C=O) groups is 1. The largest absolute Gasteiger partial charge is 0.466 e. The highest BCUT2D eigenvalue weighted by Gasteiger charge is 2.15. The van der Waals surface area contributed by atoms with Gasteiger partial charge in [-0.2, -0.15) is 0 Å². The van der Waals surface area contributed by atoms with E-state index in [1.807, 2.05) is 6.92 Å². The van der Waals surface area contributed by atoms with E-state index in [9.17, 15) is 4.79 Å². The van der Waals surface area contributed by atoms with Crippen LogP contribution in [0, 0.1) is 5.92 Å².